The van der Waals surface area contributed by atoms with Crippen molar-refractivity contribution in [3.8, 4) is 0 Å². The molecule has 0 aliphatic carbocycles. The molecule has 2 N–H and O–H groups in total. The van der Waals surface area contributed by atoms with E-state index in [1.165, 1.54) is 5.57 Å². The van der Waals surface area contributed by atoms with E-state index in [0.717, 1.165) is 19.8 Å². The van der Waals surface area contributed by atoms with Crippen molar-refractivity contribution in [2.75, 3.05) is 0 Å². The van der Waals surface area contributed by atoms with Crippen LogP contribution in [-0.4, -0.2) is 21.8 Å². The van der Waals surface area contributed by atoms with Gasteiger partial charge in [0.1, 0.15) is 0 Å². The van der Waals surface area contributed by atoms with Gasteiger partial charge in [0.25, 0.3) is 5.97 Å². The smallest absolute Gasteiger partial charge is 0.300 e. The quantitative estimate of drug-likeness (QED) is 0.707. The van der Waals surface area contributed by atoms with Crippen molar-refractivity contribution in [3.05, 3.63) is 24.3 Å². The van der Waals surface area contributed by atoms with E-state index in [4.69, 9.17) is 9.90 Å². The number of allylic oxidation sites excluding steroid dienone is 3. The van der Waals surface area contributed by atoms with Crippen molar-refractivity contribution in [2.45, 2.75) is 46.1 Å². The highest BCUT2D eigenvalue weighted by Crippen LogP contribution is 2.11. The molecule has 0 radical (unpaired) electrons. The van der Waals surface area contributed by atoms with E-state index < -0.39 is 11.6 Å². The summed E-state index contributed by atoms with van der Waals surface area (Å²) in [5.41, 5.74) is 0.632. The van der Waals surface area contributed by atoms with Crippen LogP contribution >= 0.6 is 0 Å². The summed E-state index contributed by atoms with van der Waals surface area (Å²) in [6.07, 6.45) is 5.63. The van der Waals surface area contributed by atoms with Gasteiger partial charge in [0.2, 0.25) is 0 Å². The second-order valence-electron chi connectivity index (χ2n) is 4.02. The van der Waals surface area contributed by atoms with E-state index in [2.05, 4.69) is 12.7 Å². The Hall–Kier alpha value is -1.09. The van der Waals surface area contributed by atoms with Crippen LogP contribution in [0.4, 0.5) is 0 Å². The van der Waals surface area contributed by atoms with Crippen molar-refractivity contribution in [1.82, 2.24) is 0 Å². The van der Waals surface area contributed by atoms with Crippen molar-refractivity contribution < 1.29 is 15.0 Å². The van der Waals surface area contributed by atoms with Crippen LogP contribution < -0.4 is 0 Å². The molecule has 0 heterocycles. The van der Waals surface area contributed by atoms with Crippen molar-refractivity contribution in [3.63, 3.8) is 0 Å². The maximum absolute atomic E-state index is 9.35. The average molecular weight is 214 g/mol. The van der Waals surface area contributed by atoms with E-state index in [9.17, 15) is 5.11 Å². The highest BCUT2D eigenvalue weighted by atomic mass is 16.4. The molecule has 0 amide bonds. The second kappa shape index (κ2) is 8.24. The van der Waals surface area contributed by atoms with Gasteiger partial charge in [0.05, 0.1) is 5.60 Å². The van der Waals surface area contributed by atoms with E-state index in [1.807, 2.05) is 26.8 Å². The van der Waals surface area contributed by atoms with Gasteiger partial charge < -0.3 is 10.2 Å². The zero-order chi connectivity index (χ0) is 12.5. The van der Waals surface area contributed by atoms with Gasteiger partial charge in [-0.05, 0) is 33.6 Å². The molecule has 0 fully saturated rings. The molecule has 0 aromatic rings. The molecule has 0 aromatic heterocycles. The molecule has 0 unspecified atom stereocenters. The first-order valence-electron chi connectivity index (χ1n) is 4.90. The van der Waals surface area contributed by atoms with Crippen LogP contribution in [0, 0.1) is 0 Å². The minimum Gasteiger partial charge on any atom is -0.481 e. The van der Waals surface area contributed by atoms with Gasteiger partial charge in [0.15, 0.2) is 0 Å². The lowest BCUT2D eigenvalue weighted by Crippen LogP contribution is -2.17. The zero-order valence-corrected chi connectivity index (χ0v) is 10.1. The SMILES string of the molecule is C=CC(C)=CCCC(C)(C)O.CC(=O)O. The lowest BCUT2D eigenvalue weighted by atomic mass is 10.0. The molecule has 0 bridgehead atoms. The Morgan fingerprint density at radius 3 is 2.07 bits per heavy atom. The van der Waals surface area contributed by atoms with Crippen LogP contribution in [0.3, 0.4) is 0 Å². The molecule has 0 aromatic carbocycles. The summed E-state index contributed by atoms with van der Waals surface area (Å²) in [7, 11) is 0. The van der Waals surface area contributed by atoms with Crippen LogP contribution in [0.5, 0.6) is 0 Å². The molecule has 0 saturated heterocycles. The Bertz CT molecular complexity index is 218. The number of aliphatic carboxylic acids is 1. The molecule has 0 aliphatic rings. The Morgan fingerprint density at radius 2 is 1.80 bits per heavy atom. The number of hydrogen-bond donors (Lipinski definition) is 2. The third-order valence-corrected chi connectivity index (χ3v) is 1.54. The maximum atomic E-state index is 9.35. The highest BCUT2D eigenvalue weighted by Gasteiger charge is 2.09. The summed E-state index contributed by atoms with van der Waals surface area (Å²) in [5, 5.41) is 16.8. The van der Waals surface area contributed by atoms with Crippen LogP contribution in [0.15, 0.2) is 24.3 Å². The molecule has 0 atom stereocenters. The van der Waals surface area contributed by atoms with E-state index in [0.29, 0.717) is 0 Å². The van der Waals surface area contributed by atoms with Gasteiger partial charge in [-0.2, -0.15) is 0 Å². The number of carbonyl (C=O) groups is 1. The largest absolute Gasteiger partial charge is 0.481 e. The molecule has 3 nitrogen and oxygen atoms in total. The standard InChI is InChI=1S/C10H18O.C2H4O2/c1-5-9(2)7-6-8-10(3,4)11;1-2(3)4/h5,7,11H,1,6,8H2,2-4H3;1H3,(H,3,4). The van der Waals surface area contributed by atoms with E-state index in [-0.39, 0.29) is 0 Å². The minimum atomic E-state index is -0.833. The minimum absolute atomic E-state index is 0.544. The second-order valence-corrected chi connectivity index (χ2v) is 4.02. The van der Waals surface area contributed by atoms with Crippen molar-refractivity contribution in [2.24, 2.45) is 0 Å². The first-order valence-corrected chi connectivity index (χ1v) is 4.90. The van der Waals surface area contributed by atoms with Crippen LogP contribution in [0.1, 0.15) is 40.5 Å². The number of carboxylic acids is 1. The topological polar surface area (TPSA) is 57.5 Å². The predicted molar refractivity (Wildman–Crippen MR) is 62.8 cm³/mol. The summed E-state index contributed by atoms with van der Waals surface area (Å²) in [4.78, 5) is 9.00. The van der Waals surface area contributed by atoms with Crippen LogP contribution in [-0.2, 0) is 4.79 Å². The van der Waals surface area contributed by atoms with Crippen molar-refractivity contribution in [1.29, 1.82) is 0 Å². The molecule has 0 spiro atoms. The predicted octanol–water partition coefficient (Wildman–Crippen LogP) is 2.76. The fraction of sp³-hybridized carbons (Fsp3) is 0.583. The fourth-order valence-corrected chi connectivity index (χ4v) is 0.736. The molecule has 88 valence electrons. The van der Waals surface area contributed by atoms with Gasteiger partial charge in [-0.3, -0.25) is 4.79 Å². The number of hydrogen-bond acceptors (Lipinski definition) is 2. The average Bonchev–Trinajstić information content (AvgIpc) is 2.00. The lowest BCUT2D eigenvalue weighted by Gasteiger charge is -2.14. The summed E-state index contributed by atoms with van der Waals surface area (Å²) in [6.45, 7) is 10.4. The Balaban J connectivity index is 0. The number of aliphatic hydroxyl groups is 1. The summed E-state index contributed by atoms with van der Waals surface area (Å²) >= 11 is 0. The number of carboxylic acid groups (broad SMARTS) is 1. The molecule has 0 rings (SSSR count). The number of rotatable bonds is 4. The van der Waals surface area contributed by atoms with E-state index >= 15 is 0 Å². The summed E-state index contributed by atoms with van der Waals surface area (Å²) < 4.78 is 0. The van der Waals surface area contributed by atoms with Gasteiger partial charge in [-0.1, -0.05) is 24.3 Å². The third kappa shape index (κ3) is 24.6. The van der Waals surface area contributed by atoms with Gasteiger partial charge in [-0.25, -0.2) is 0 Å². The zero-order valence-electron chi connectivity index (χ0n) is 10.1. The van der Waals surface area contributed by atoms with Crippen molar-refractivity contribution >= 4 is 5.97 Å². The fourth-order valence-electron chi connectivity index (χ4n) is 0.736. The Morgan fingerprint density at radius 1 is 1.40 bits per heavy atom. The van der Waals surface area contributed by atoms with Gasteiger partial charge >= 0.3 is 0 Å². The first-order chi connectivity index (χ1) is 6.69. The normalized spacial score (nSPS) is 11.4. The molecule has 3 heteroatoms. The Kier molecular flexibility index (Phi) is 8.98. The maximum Gasteiger partial charge on any atom is 0.300 e. The van der Waals surface area contributed by atoms with Gasteiger partial charge in [-0.15, -0.1) is 0 Å². The summed E-state index contributed by atoms with van der Waals surface area (Å²) in [6, 6.07) is 0. The molecule has 0 saturated carbocycles. The molecule has 15 heavy (non-hydrogen) atoms. The molecular weight excluding hydrogens is 192 g/mol. The van der Waals surface area contributed by atoms with Crippen LogP contribution in [0.2, 0.25) is 0 Å². The lowest BCUT2D eigenvalue weighted by molar-refractivity contribution is -0.134. The monoisotopic (exact) mass is 214 g/mol. The van der Waals surface area contributed by atoms with Gasteiger partial charge in [0, 0.05) is 6.92 Å². The highest BCUT2D eigenvalue weighted by molar-refractivity contribution is 5.62. The van der Waals surface area contributed by atoms with E-state index in [1.54, 1.807) is 0 Å². The first kappa shape index (κ1) is 16.3. The molecule has 0 aliphatic heterocycles. The third-order valence-electron chi connectivity index (χ3n) is 1.54. The Labute approximate surface area is 92.1 Å². The molecular formula is C12H22O3. The van der Waals surface area contributed by atoms with Crippen LogP contribution in [0.25, 0.3) is 0 Å². The summed E-state index contributed by atoms with van der Waals surface area (Å²) in [5.74, 6) is -0.833.